The molecule has 0 atom stereocenters. The van der Waals surface area contributed by atoms with E-state index < -0.39 is 5.97 Å². The van der Waals surface area contributed by atoms with Crippen molar-refractivity contribution in [3.05, 3.63) is 35.0 Å². The SMILES string of the molecule is O=C(O)Cc1cccc2c3c([nH]c12)C(=O)NCC3. The number of fused-ring (bicyclic) bond motifs is 3. The molecule has 0 radical (unpaired) electrons. The van der Waals surface area contributed by atoms with Crippen LogP contribution in [0, 0.1) is 0 Å². The van der Waals surface area contributed by atoms with Gasteiger partial charge >= 0.3 is 5.97 Å². The van der Waals surface area contributed by atoms with E-state index in [9.17, 15) is 9.59 Å². The molecule has 0 spiro atoms. The van der Waals surface area contributed by atoms with Gasteiger partial charge in [0.1, 0.15) is 5.69 Å². The molecule has 0 bridgehead atoms. The minimum Gasteiger partial charge on any atom is -0.481 e. The van der Waals surface area contributed by atoms with Gasteiger partial charge in [0.2, 0.25) is 0 Å². The number of carboxylic acids is 1. The van der Waals surface area contributed by atoms with E-state index in [1.54, 1.807) is 6.07 Å². The number of H-pyrrole nitrogens is 1. The lowest BCUT2D eigenvalue weighted by molar-refractivity contribution is -0.136. The van der Waals surface area contributed by atoms with Gasteiger partial charge in [0.05, 0.1) is 11.9 Å². The fraction of sp³-hybridized carbons (Fsp3) is 0.231. The van der Waals surface area contributed by atoms with E-state index in [1.165, 1.54) is 0 Å². The molecular formula is C13H12N2O3. The van der Waals surface area contributed by atoms with Crippen LogP contribution in [-0.4, -0.2) is 28.5 Å². The maximum Gasteiger partial charge on any atom is 0.307 e. The Morgan fingerprint density at radius 2 is 2.22 bits per heavy atom. The first-order valence-electron chi connectivity index (χ1n) is 5.79. The van der Waals surface area contributed by atoms with E-state index in [1.807, 2.05) is 12.1 Å². The number of carbonyl (C=O) groups excluding carboxylic acids is 1. The molecule has 1 aromatic heterocycles. The second-order valence-electron chi connectivity index (χ2n) is 4.39. The van der Waals surface area contributed by atoms with Crippen LogP contribution in [-0.2, 0) is 17.6 Å². The smallest absolute Gasteiger partial charge is 0.307 e. The van der Waals surface area contributed by atoms with Crippen molar-refractivity contribution in [3.8, 4) is 0 Å². The first kappa shape index (κ1) is 10.8. The van der Waals surface area contributed by atoms with Gasteiger partial charge in [-0.1, -0.05) is 18.2 Å². The van der Waals surface area contributed by atoms with Crippen LogP contribution >= 0.6 is 0 Å². The van der Waals surface area contributed by atoms with Gasteiger partial charge in [-0.25, -0.2) is 0 Å². The Morgan fingerprint density at radius 1 is 1.39 bits per heavy atom. The lowest BCUT2D eigenvalue weighted by Gasteiger charge is -2.11. The molecule has 1 aliphatic heterocycles. The molecule has 2 heterocycles. The Bertz CT molecular complexity index is 658. The highest BCUT2D eigenvalue weighted by Gasteiger charge is 2.22. The van der Waals surface area contributed by atoms with Gasteiger partial charge in [0.15, 0.2) is 0 Å². The van der Waals surface area contributed by atoms with E-state index in [-0.39, 0.29) is 12.3 Å². The van der Waals surface area contributed by atoms with Gasteiger partial charge in [-0.3, -0.25) is 9.59 Å². The summed E-state index contributed by atoms with van der Waals surface area (Å²) in [7, 11) is 0. The molecule has 2 aromatic rings. The molecule has 3 rings (SSSR count). The fourth-order valence-electron chi connectivity index (χ4n) is 2.49. The average Bonchev–Trinajstić information content (AvgIpc) is 2.70. The summed E-state index contributed by atoms with van der Waals surface area (Å²) in [5.41, 5.74) is 3.03. The Morgan fingerprint density at radius 3 is 3.00 bits per heavy atom. The molecule has 18 heavy (non-hydrogen) atoms. The molecule has 1 amide bonds. The van der Waals surface area contributed by atoms with Crippen LogP contribution in [0.4, 0.5) is 0 Å². The predicted molar refractivity (Wildman–Crippen MR) is 65.7 cm³/mol. The number of hydrogen-bond donors (Lipinski definition) is 3. The lowest BCUT2D eigenvalue weighted by atomic mass is 10.0. The summed E-state index contributed by atoms with van der Waals surface area (Å²) < 4.78 is 0. The first-order valence-corrected chi connectivity index (χ1v) is 5.79. The number of aromatic amines is 1. The van der Waals surface area contributed by atoms with E-state index in [0.29, 0.717) is 17.8 Å². The zero-order chi connectivity index (χ0) is 12.7. The maximum atomic E-state index is 11.7. The number of aliphatic carboxylic acids is 1. The fourth-order valence-corrected chi connectivity index (χ4v) is 2.49. The standard InChI is InChI=1S/C13H12N2O3/c16-10(17)6-7-2-1-3-8-9-4-5-14-13(18)12(9)15-11(7)8/h1-3,15H,4-6H2,(H,14,18)(H,16,17). The highest BCUT2D eigenvalue weighted by atomic mass is 16.4. The van der Waals surface area contributed by atoms with Crippen molar-refractivity contribution < 1.29 is 14.7 Å². The van der Waals surface area contributed by atoms with E-state index >= 15 is 0 Å². The van der Waals surface area contributed by atoms with Crippen LogP contribution in [0.25, 0.3) is 10.9 Å². The van der Waals surface area contributed by atoms with E-state index in [0.717, 1.165) is 22.9 Å². The van der Waals surface area contributed by atoms with Gasteiger partial charge in [0, 0.05) is 11.9 Å². The molecule has 92 valence electrons. The van der Waals surface area contributed by atoms with Crippen molar-refractivity contribution in [2.75, 3.05) is 6.54 Å². The zero-order valence-corrected chi connectivity index (χ0v) is 9.62. The van der Waals surface area contributed by atoms with Gasteiger partial charge in [-0.2, -0.15) is 0 Å². The topological polar surface area (TPSA) is 82.2 Å². The monoisotopic (exact) mass is 244 g/mol. The third-order valence-corrected chi connectivity index (χ3v) is 3.26. The molecule has 1 aliphatic rings. The van der Waals surface area contributed by atoms with Crippen molar-refractivity contribution >= 4 is 22.8 Å². The molecule has 1 aromatic carbocycles. The molecule has 0 fully saturated rings. The minimum atomic E-state index is -0.875. The Balaban J connectivity index is 2.23. The van der Waals surface area contributed by atoms with Crippen molar-refractivity contribution in [1.29, 1.82) is 0 Å². The van der Waals surface area contributed by atoms with Gasteiger partial charge < -0.3 is 15.4 Å². The van der Waals surface area contributed by atoms with Crippen LogP contribution in [0.3, 0.4) is 0 Å². The molecule has 0 saturated heterocycles. The summed E-state index contributed by atoms with van der Waals surface area (Å²) in [5.74, 6) is -0.992. The lowest BCUT2D eigenvalue weighted by Crippen LogP contribution is -2.31. The van der Waals surface area contributed by atoms with Crippen molar-refractivity contribution in [2.45, 2.75) is 12.8 Å². The molecule has 0 unspecified atom stereocenters. The van der Waals surface area contributed by atoms with Crippen molar-refractivity contribution in [2.24, 2.45) is 0 Å². The number of para-hydroxylation sites is 1. The number of amides is 1. The second-order valence-corrected chi connectivity index (χ2v) is 4.39. The van der Waals surface area contributed by atoms with Crippen LogP contribution < -0.4 is 5.32 Å². The Hall–Kier alpha value is -2.30. The van der Waals surface area contributed by atoms with Gasteiger partial charge in [-0.05, 0) is 17.5 Å². The molecule has 0 aliphatic carbocycles. The van der Waals surface area contributed by atoms with Crippen LogP contribution in [0.1, 0.15) is 21.6 Å². The summed E-state index contributed by atoms with van der Waals surface area (Å²) >= 11 is 0. The second kappa shape index (κ2) is 3.87. The minimum absolute atomic E-state index is 0.0433. The molecule has 0 saturated carbocycles. The van der Waals surface area contributed by atoms with Crippen LogP contribution in [0.2, 0.25) is 0 Å². The molecular weight excluding hydrogens is 232 g/mol. The zero-order valence-electron chi connectivity index (χ0n) is 9.62. The average molecular weight is 244 g/mol. The molecule has 3 N–H and O–H groups in total. The molecule has 5 nitrogen and oxygen atoms in total. The first-order chi connectivity index (χ1) is 8.66. The summed E-state index contributed by atoms with van der Waals surface area (Å²) in [6.07, 6.45) is 0.732. The predicted octanol–water partition coefficient (Wildman–Crippen LogP) is 1.08. The largest absolute Gasteiger partial charge is 0.481 e. The van der Waals surface area contributed by atoms with E-state index in [4.69, 9.17) is 5.11 Å². The summed E-state index contributed by atoms with van der Waals surface area (Å²) in [6.45, 7) is 0.627. The summed E-state index contributed by atoms with van der Waals surface area (Å²) in [6, 6.07) is 5.53. The van der Waals surface area contributed by atoms with Crippen molar-refractivity contribution in [1.82, 2.24) is 10.3 Å². The van der Waals surface area contributed by atoms with Gasteiger partial charge in [0.25, 0.3) is 5.91 Å². The highest BCUT2D eigenvalue weighted by molar-refractivity contribution is 6.03. The third kappa shape index (κ3) is 1.55. The number of aromatic nitrogens is 1. The van der Waals surface area contributed by atoms with Gasteiger partial charge in [-0.15, -0.1) is 0 Å². The quantitative estimate of drug-likeness (QED) is 0.739. The van der Waals surface area contributed by atoms with Crippen LogP contribution in [0.5, 0.6) is 0 Å². The Kier molecular flexibility index (Phi) is 2.33. The third-order valence-electron chi connectivity index (χ3n) is 3.26. The summed E-state index contributed by atoms with van der Waals surface area (Å²) in [4.78, 5) is 25.6. The number of rotatable bonds is 2. The Labute approximate surface area is 103 Å². The molecule has 5 heteroatoms. The normalized spacial score (nSPS) is 14.3. The van der Waals surface area contributed by atoms with Crippen molar-refractivity contribution in [3.63, 3.8) is 0 Å². The number of carboxylic acid groups (broad SMARTS) is 1. The highest BCUT2D eigenvalue weighted by Crippen LogP contribution is 2.27. The van der Waals surface area contributed by atoms with E-state index in [2.05, 4.69) is 10.3 Å². The summed E-state index contributed by atoms with van der Waals surface area (Å²) in [5, 5.41) is 12.6. The number of nitrogens with one attached hydrogen (secondary N) is 2. The number of benzene rings is 1. The number of hydrogen-bond acceptors (Lipinski definition) is 2. The maximum absolute atomic E-state index is 11.7. The van der Waals surface area contributed by atoms with Crippen LogP contribution in [0.15, 0.2) is 18.2 Å². The number of carbonyl (C=O) groups is 2.